The van der Waals surface area contributed by atoms with Crippen LogP contribution in [-0.4, -0.2) is 33.9 Å². The minimum atomic E-state index is 0.00809. The molecule has 1 aromatic carbocycles. The van der Waals surface area contributed by atoms with Gasteiger partial charge >= 0.3 is 4.87 Å². The number of aromatic nitrogens is 7. The van der Waals surface area contributed by atoms with E-state index in [0.29, 0.717) is 0 Å². The number of fused-ring (bicyclic) bond motifs is 4. The smallest absolute Gasteiger partial charge is 0.300 e. The number of benzene rings is 1. The monoisotopic (exact) mass is 445 g/mol. The predicted molar refractivity (Wildman–Crippen MR) is 122 cm³/mol. The zero-order chi connectivity index (χ0) is 21.1. The largest absolute Gasteiger partial charge is 0.307 e. The summed E-state index contributed by atoms with van der Waals surface area (Å²) in [7, 11) is 3.67. The van der Waals surface area contributed by atoms with Crippen molar-refractivity contribution in [1.29, 1.82) is 0 Å². The van der Waals surface area contributed by atoms with E-state index < -0.39 is 0 Å². The van der Waals surface area contributed by atoms with Gasteiger partial charge in [-0.1, -0.05) is 11.3 Å². The molecule has 6 rings (SSSR count). The van der Waals surface area contributed by atoms with Gasteiger partial charge in [0.15, 0.2) is 10.8 Å². The van der Waals surface area contributed by atoms with E-state index in [0.717, 1.165) is 47.9 Å². The topological polar surface area (TPSA) is 82.9 Å². The van der Waals surface area contributed by atoms with Crippen molar-refractivity contribution in [3.63, 3.8) is 0 Å². The summed E-state index contributed by atoms with van der Waals surface area (Å²) in [6.45, 7) is 0. The van der Waals surface area contributed by atoms with Gasteiger partial charge in [-0.25, -0.2) is 0 Å². The van der Waals surface area contributed by atoms with Gasteiger partial charge < -0.3 is 4.57 Å². The molecule has 0 aliphatic carbocycles. The molecule has 0 N–H and O–H groups in total. The molecule has 0 amide bonds. The summed E-state index contributed by atoms with van der Waals surface area (Å²) < 4.78 is 6.35. The van der Waals surface area contributed by atoms with Crippen LogP contribution in [0.2, 0.25) is 0 Å². The van der Waals surface area contributed by atoms with Crippen molar-refractivity contribution >= 4 is 49.9 Å². The van der Waals surface area contributed by atoms with Gasteiger partial charge in [-0.15, -0.1) is 10.2 Å². The van der Waals surface area contributed by atoms with Crippen molar-refractivity contribution in [3.05, 3.63) is 64.8 Å². The van der Waals surface area contributed by atoms with E-state index in [2.05, 4.69) is 26.3 Å². The maximum atomic E-state index is 12.1. The van der Waals surface area contributed by atoms with Crippen LogP contribution in [0.1, 0.15) is 0 Å². The molecule has 0 saturated heterocycles. The summed E-state index contributed by atoms with van der Waals surface area (Å²) in [5.74, 6) is 0. The molecule has 5 aromatic heterocycles. The number of hydrogen-bond acceptors (Lipinski definition) is 7. The highest BCUT2D eigenvalue weighted by Crippen LogP contribution is 2.33. The van der Waals surface area contributed by atoms with Crippen molar-refractivity contribution < 1.29 is 0 Å². The van der Waals surface area contributed by atoms with E-state index in [1.807, 2.05) is 54.3 Å². The van der Waals surface area contributed by atoms with E-state index in [4.69, 9.17) is 0 Å². The molecule has 0 radical (unpaired) electrons. The van der Waals surface area contributed by atoms with Crippen molar-refractivity contribution in [3.8, 4) is 11.1 Å². The van der Waals surface area contributed by atoms with Crippen LogP contribution in [0.3, 0.4) is 0 Å². The third-order valence-corrected chi connectivity index (χ3v) is 7.25. The first kappa shape index (κ1) is 18.3. The van der Waals surface area contributed by atoms with E-state index in [9.17, 15) is 4.79 Å². The van der Waals surface area contributed by atoms with Crippen molar-refractivity contribution in [2.75, 3.05) is 0 Å². The molecule has 8 nitrogen and oxygen atoms in total. The predicted octanol–water partition coefficient (Wildman–Crippen LogP) is 3.74. The van der Waals surface area contributed by atoms with Gasteiger partial charge in [-0.3, -0.25) is 18.9 Å². The molecular formula is C21H15N7OS2. The van der Waals surface area contributed by atoms with Crippen molar-refractivity contribution in [1.82, 2.24) is 33.9 Å². The Balaban J connectivity index is 1.45. The second kappa shape index (κ2) is 6.76. The fourth-order valence-electron chi connectivity index (χ4n) is 3.59. The normalized spacial score (nSPS) is 11.8. The molecule has 152 valence electrons. The molecule has 10 heteroatoms. The Morgan fingerprint density at radius 3 is 2.74 bits per heavy atom. The number of nitrogens with zero attached hydrogens (tertiary/aromatic N) is 7. The zero-order valence-corrected chi connectivity index (χ0v) is 18.2. The van der Waals surface area contributed by atoms with E-state index >= 15 is 0 Å². The maximum Gasteiger partial charge on any atom is 0.307 e. The minimum absolute atomic E-state index is 0.00809. The van der Waals surface area contributed by atoms with Crippen LogP contribution in [0.4, 0.5) is 0 Å². The Morgan fingerprint density at radius 2 is 1.90 bits per heavy atom. The number of thiazole rings is 1. The van der Waals surface area contributed by atoms with Gasteiger partial charge in [0.2, 0.25) is 0 Å². The average molecular weight is 446 g/mol. The van der Waals surface area contributed by atoms with Crippen LogP contribution in [0.25, 0.3) is 37.9 Å². The SMILES string of the molecule is Cn1cc(-c2ccc3nnc(Sc4ccc5ncc6c(sc(=O)n6C)c5c4)n3c2)cn1. The fourth-order valence-corrected chi connectivity index (χ4v) is 5.41. The van der Waals surface area contributed by atoms with Crippen molar-refractivity contribution in [2.45, 2.75) is 10.1 Å². The highest BCUT2D eigenvalue weighted by atomic mass is 32.2. The molecule has 0 aliphatic heterocycles. The Bertz CT molecular complexity index is 1670. The molecule has 0 aliphatic rings. The number of hydrogen-bond donors (Lipinski definition) is 0. The third-order valence-electron chi connectivity index (χ3n) is 5.21. The molecular weight excluding hydrogens is 430 g/mol. The van der Waals surface area contributed by atoms with Crippen LogP contribution in [0.5, 0.6) is 0 Å². The Labute approximate surface area is 183 Å². The molecule has 0 unspecified atom stereocenters. The van der Waals surface area contributed by atoms with Gasteiger partial charge in [0.1, 0.15) is 0 Å². The van der Waals surface area contributed by atoms with E-state index in [1.54, 1.807) is 22.5 Å². The summed E-state index contributed by atoms with van der Waals surface area (Å²) in [5.41, 5.74) is 4.57. The highest BCUT2D eigenvalue weighted by Gasteiger charge is 2.13. The Morgan fingerprint density at radius 1 is 1.00 bits per heavy atom. The molecule has 0 bridgehead atoms. The van der Waals surface area contributed by atoms with Gasteiger partial charge in [0.05, 0.1) is 28.1 Å². The van der Waals surface area contributed by atoms with Crippen LogP contribution < -0.4 is 4.87 Å². The summed E-state index contributed by atoms with van der Waals surface area (Å²) in [5, 5.41) is 14.7. The first-order valence-electron chi connectivity index (χ1n) is 9.47. The Hall–Kier alpha value is -3.50. The zero-order valence-electron chi connectivity index (χ0n) is 16.6. The molecule has 0 spiro atoms. The number of pyridine rings is 2. The van der Waals surface area contributed by atoms with Crippen LogP contribution in [0, 0.1) is 0 Å². The Kier molecular flexibility index (Phi) is 3.99. The third kappa shape index (κ3) is 2.94. The lowest BCUT2D eigenvalue weighted by atomic mass is 10.2. The summed E-state index contributed by atoms with van der Waals surface area (Å²) in [6.07, 6.45) is 7.60. The second-order valence-corrected chi connectivity index (χ2v) is 9.21. The van der Waals surface area contributed by atoms with Gasteiger partial charge in [0, 0.05) is 47.9 Å². The first-order valence-corrected chi connectivity index (χ1v) is 11.1. The van der Waals surface area contributed by atoms with Crippen LogP contribution in [0.15, 0.2) is 70.0 Å². The standard InChI is InChI=1S/C21H15N7OS2/c1-26-10-13(8-23-26)12-3-6-18-24-25-20(28(18)11-12)30-14-4-5-16-15(7-14)19-17(9-22-16)27(2)21(29)31-19/h3-11H,1-2H3. The van der Waals surface area contributed by atoms with Gasteiger partial charge in [-0.05, 0) is 42.1 Å². The first-order chi connectivity index (χ1) is 15.1. The average Bonchev–Trinajstić information content (AvgIpc) is 3.46. The molecule has 6 aromatic rings. The lowest BCUT2D eigenvalue weighted by Crippen LogP contribution is -2.06. The lowest BCUT2D eigenvalue weighted by Gasteiger charge is -2.05. The molecule has 0 fully saturated rings. The summed E-state index contributed by atoms with van der Waals surface area (Å²) >= 11 is 2.77. The second-order valence-electron chi connectivity index (χ2n) is 7.21. The number of rotatable bonds is 3. The molecule has 5 heterocycles. The fraction of sp³-hybridized carbons (Fsp3) is 0.0952. The van der Waals surface area contributed by atoms with Gasteiger partial charge in [0.25, 0.3) is 0 Å². The summed E-state index contributed by atoms with van der Waals surface area (Å²) in [6, 6.07) is 10.0. The van der Waals surface area contributed by atoms with Crippen LogP contribution in [-0.2, 0) is 14.1 Å². The molecule has 31 heavy (non-hydrogen) atoms. The van der Waals surface area contributed by atoms with E-state index in [1.165, 1.54) is 23.1 Å². The molecule has 0 atom stereocenters. The van der Waals surface area contributed by atoms with E-state index in [-0.39, 0.29) is 4.87 Å². The maximum absolute atomic E-state index is 12.1. The quantitative estimate of drug-likeness (QED) is 0.413. The lowest BCUT2D eigenvalue weighted by molar-refractivity contribution is 0.768. The highest BCUT2D eigenvalue weighted by molar-refractivity contribution is 7.99. The molecule has 0 saturated carbocycles. The minimum Gasteiger partial charge on any atom is -0.300 e. The van der Waals surface area contributed by atoms with Crippen LogP contribution >= 0.6 is 23.1 Å². The summed E-state index contributed by atoms with van der Waals surface area (Å²) in [4.78, 5) is 17.7. The number of aryl methyl sites for hydroxylation is 2. The van der Waals surface area contributed by atoms with Gasteiger partial charge in [-0.2, -0.15) is 5.10 Å². The van der Waals surface area contributed by atoms with Crippen molar-refractivity contribution in [2.24, 2.45) is 14.1 Å².